The second-order valence-electron chi connectivity index (χ2n) is 5.95. The molecule has 0 saturated carbocycles. The van der Waals surface area contributed by atoms with Gasteiger partial charge in [0.05, 0.1) is 24.2 Å². The van der Waals surface area contributed by atoms with E-state index in [-0.39, 0.29) is 12.0 Å². The fraction of sp³-hybridized carbons (Fsp3) is 0.500. The molecule has 7 nitrogen and oxygen atoms in total. The topological polar surface area (TPSA) is 73.1 Å². The van der Waals surface area contributed by atoms with Crippen LogP contribution in [0.5, 0.6) is 0 Å². The summed E-state index contributed by atoms with van der Waals surface area (Å²) in [5.74, 6) is 0.405. The molecule has 1 fully saturated rings. The van der Waals surface area contributed by atoms with Crippen molar-refractivity contribution in [3.63, 3.8) is 0 Å². The van der Waals surface area contributed by atoms with Crippen LogP contribution in [0.3, 0.4) is 0 Å². The smallest absolute Gasteiger partial charge is 0.233 e. The Morgan fingerprint density at radius 2 is 2.21 bits per heavy atom. The summed E-state index contributed by atoms with van der Waals surface area (Å²) >= 11 is 1.36. The summed E-state index contributed by atoms with van der Waals surface area (Å²) in [5, 5.41) is 12.5. The van der Waals surface area contributed by atoms with Crippen LogP contribution in [0.2, 0.25) is 0 Å². The molecule has 2 heterocycles. The number of ether oxygens (including phenoxy) is 1. The van der Waals surface area contributed by atoms with Crippen molar-refractivity contribution in [3.05, 3.63) is 29.3 Å². The normalized spacial score (nSPS) is 18.0. The quantitative estimate of drug-likeness (QED) is 0.783. The summed E-state index contributed by atoms with van der Waals surface area (Å²) in [6.07, 6.45) is 0.0913. The minimum absolute atomic E-state index is 0.0878. The highest BCUT2D eigenvalue weighted by atomic mass is 32.2. The molecule has 128 valence electrons. The van der Waals surface area contributed by atoms with Crippen molar-refractivity contribution in [2.45, 2.75) is 32.0 Å². The average Bonchev–Trinajstić information content (AvgIpc) is 3.03. The van der Waals surface area contributed by atoms with E-state index in [0.29, 0.717) is 30.6 Å². The minimum atomic E-state index is 0.0878. The largest absolute Gasteiger partial charge is 0.375 e. The Morgan fingerprint density at radius 1 is 1.38 bits per heavy atom. The van der Waals surface area contributed by atoms with Crippen molar-refractivity contribution < 1.29 is 9.53 Å². The molecule has 1 saturated heterocycles. The van der Waals surface area contributed by atoms with Crippen LogP contribution < -0.4 is 0 Å². The first-order chi connectivity index (χ1) is 11.5. The molecular weight excluding hydrogens is 326 g/mol. The number of benzene rings is 1. The van der Waals surface area contributed by atoms with Gasteiger partial charge in [-0.05, 0) is 54.5 Å². The van der Waals surface area contributed by atoms with Crippen molar-refractivity contribution in [1.29, 1.82) is 0 Å². The molecule has 24 heavy (non-hydrogen) atoms. The molecule has 3 rings (SSSR count). The average molecular weight is 347 g/mol. The summed E-state index contributed by atoms with van der Waals surface area (Å²) in [6, 6.07) is 6.07. The maximum absolute atomic E-state index is 12.4. The zero-order chi connectivity index (χ0) is 17.1. The highest BCUT2D eigenvalue weighted by Crippen LogP contribution is 2.20. The third-order valence-corrected chi connectivity index (χ3v) is 5.00. The summed E-state index contributed by atoms with van der Waals surface area (Å²) in [5.41, 5.74) is 3.30. The van der Waals surface area contributed by atoms with Crippen molar-refractivity contribution in [2.24, 2.45) is 0 Å². The van der Waals surface area contributed by atoms with E-state index in [1.54, 1.807) is 4.68 Å². The van der Waals surface area contributed by atoms with E-state index in [9.17, 15) is 4.79 Å². The standard InChI is InChI=1S/C16H21N5O2S/c1-11-4-5-14(8-12(11)2)21-16(17-18-19-21)24-10-15(22)20-6-7-23-13(3)9-20/h4-5,8,13H,6-7,9-10H2,1-3H3. The maximum Gasteiger partial charge on any atom is 0.233 e. The number of hydrogen-bond donors (Lipinski definition) is 0. The number of carbonyl (C=O) groups excluding carboxylic acids is 1. The zero-order valence-electron chi connectivity index (χ0n) is 14.1. The maximum atomic E-state index is 12.4. The molecule has 0 bridgehead atoms. The van der Waals surface area contributed by atoms with Gasteiger partial charge in [0.25, 0.3) is 0 Å². The van der Waals surface area contributed by atoms with Gasteiger partial charge < -0.3 is 9.64 Å². The fourth-order valence-corrected chi connectivity index (χ4v) is 3.34. The molecule has 1 aromatic heterocycles. The van der Waals surface area contributed by atoms with Gasteiger partial charge in [-0.3, -0.25) is 4.79 Å². The van der Waals surface area contributed by atoms with E-state index in [1.165, 1.54) is 22.9 Å². The molecule has 1 amide bonds. The van der Waals surface area contributed by atoms with Gasteiger partial charge >= 0.3 is 0 Å². The van der Waals surface area contributed by atoms with Gasteiger partial charge in [-0.2, -0.15) is 4.68 Å². The summed E-state index contributed by atoms with van der Waals surface area (Å²) < 4.78 is 7.14. The molecule has 0 aliphatic carbocycles. The second kappa shape index (κ2) is 7.31. The van der Waals surface area contributed by atoms with Crippen LogP contribution >= 0.6 is 11.8 Å². The Bertz CT molecular complexity index is 733. The van der Waals surface area contributed by atoms with Crippen LogP contribution in [-0.4, -0.2) is 62.6 Å². The number of aryl methyl sites for hydroxylation is 2. The van der Waals surface area contributed by atoms with Crippen LogP contribution in [0.1, 0.15) is 18.1 Å². The molecule has 2 aromatic rings. The Labute approximate surface area is 145 Å². The Hall–Kier alpha value is -1.93. The fourth-order valence-electron chi connectivity index (χ4n) is 2.55. The van der Waals surface area contributed by atoms with E-state index < -0.39 is 0 Å². The van der Waals surface area contributed by atoms with Crippen LogP contribution in [0.15, 0.2) is 23.4 Å². The molecule has 0 N–H and O–H groups in total. The molecule has 0 radical (unpaired) electrons. The minimum Gasteiger partial charge on any atom is -0.375 e. The van der Waals surface area contributed by atoms with E-state index in [4.69, 9.17) is 4.74 Å². The van der Waals surface area contributed by atoms with Crippen molar-refractivity contribution in [3.8, 4) is 5.69 Å². The summed E-state index contributed by atoms with van der Waals surface area (Å²) in [6.45, 7) is 7.98. The number of aromatic nitrogens is 4. The van der Waals surface area contributed by atoms with Crippen LogP contribution in [0.25, 0.3) is 5.69 Å². The van der Waals surface area contributed by atoms with Crippen molar-refractivity contribution in [1.82, 2.24) is 25.1 Å². The number of hydrogen-bond acceptors (Lipinski definition) is 6. The number of nitrogens with zero attached hydrogens (tertiary/aromatic N) is 5. The van der Waals surface area contributed by atoms with E-state index in [2.05, 4.69) is 29.4 Å². The predicted molar refractivity (Wildman–Crippen MR) is 91.3 cm³/mol. The molecule has 1 aliphatic rings. The van der Waals surface area contributed by atoms with Gasteiger partial charge in [0.15, 0.2) is 0 Å². The molecule has 8 heteroatoms. The first kappa shape index (κ1) is 16.9. The number of thioether (sulfide) groups is 1. The molecule has 1 unspecified atom stereocenters. The lowest BCUT2D eigenvalue weighted by Gasteiger charge is -2.31. The molecular formula is C16H21N5O2S. The molecule has 1 atom stereocenters. The number of carbonyl (C=O) groups is 1. The third-order valence-electron chi connectivity index (χ3n) is 4.09. The second-order valence-corrected chi connectivity index (χ2v) is 6.89. The predicted octanol–water partition coefficient (Wildman–Crippen LogP) is 1.62. The third kappa shape index (κ3) is 3.76. The lowest BCUT2D eigenvalue weighted by molar-refractivity contribution is -0.135. The Balaban J connectivity index is 1.67. The van der Waals surface area contributed by atoms with Gasteiger partial charge in [-0.1, -0.05) is 17.8 Å². The van der Waals surface area contributed by atoms with Crippen LogP contribution in [-0.2, 0) is 9.53 Å². The number of amides is 1. The Morgan fingerprint density at radius 3 is 2.96 bits per heavy atom. The highest BCUT2D eigenvalue weighted by molar-refractivity contribution is 7.99. The number of morpholine rings is 1. The lowest BCUT2D eigenvalue weighted by atomic mass is 10.1. The highest BCUT2D eigenvalue weighted by Gasteiger charge is 2.22. The van der Waals surface area contributed by atoms with Crippen molar-refractivity contribution >= 4 is 17.7 Å². The van der Waals surface area contributed by atoms with Gasteiger partial charge in [0.2, 0.25) is 11.1 Å². The van der Waals surface area contributed by atoms with E-state index >= 15 is 0 Å². The van der Waals surface area contributed by atoms with E-state index in [1.807, 2.05) is 30.0 Å². The molecule has 1 aliphatic heterocycles. The van der Waals surface area contributed by atoms with E-state index in [0.717, 1.165) is 5.69 Å². The van der Waals surface area contributed by atoms with Crippen molar-refractivity contribution in [2.75, 3.05) is 25.4 Å². The van der Waals surface area contributed by atoms with Gasteiger partial charge in [-0.25, -0.2) is 0 Å². The van der Waals surface area contributed by atoms with Gasteiger partial charge in [-0.15, -0.1) is 5.10 Å². The van der Waals surface area contributed by atoms with Gasteiger partial charge in [0, 0.05) is 13.1 Å². The summed E-state index contributed by atoms with van der Waals surface area (Å²) in [7, 11) is 0. The first-order valence-electron chi connectivity index (χ1n) is 7.93. The zero-order valence-corrected chi connectivity index (χ0v) is 14.9. The molecule has 0 spiro atoms. The van der Waals surface area contributed by atoms with Gasteiger partial charge in [0.1, 0.15) is 0 Å². The summed E-state index contributed by atoms with van der Waals surface area (Å²) in [4.78, 5) is 14.2. The monoisotopic (exact) mass is 347 g/mol. The SMILES string of the molecule is Cc1ccc(-n2nnnc2SCC(=O)N2CCOC(C)C2)cc1C. The number of rotatable bonds is 4. The van der Waals surface area contributed by atoms with Crippen LogP contribution in [0, 0.1) is 13.8 Å². The lowest BCUT2D eigenvalue weighted by Crippen LogP contribution is -2.45. The van der Waals surface area contributed by atoms with Crippen LogP contribution in [0.4, 0.5) is 0 Å². The number of tetrazole rings is 1. The Kier molecular flexibility index (Phi) is 5.15. The first-order valence-corrected chi connectivity index (χ1v) is 8.91. The molecule has 1 aromatic carbocycles.